The molecule has 1 aromatic carbocycles. The topological polar surface area (TPSA) is 79.2 Å². The van der Waals surface area contributed by atoms with E-state index in [0.717, 1.165) is 32.6 Å². The number of hydrogen-bond acceptors (Lipinski definition) is 5. The lowest BCUT2D eigenvalue weighted by molar-refractivity contribution is 0.0148. The first-order valence-electron chi connectivity index (χ1n) is 8.93. The van der Waals surface area contributed by atoms with Crippen molar-refractivity contribution in [1.29, 1.82) is 0 Å². The number of carboxylic acid groups (broad SMARTS) is 1. The summed E-state index contributed by atoms with van der Waals surface area (Å²) in [6, 6.07) is 6.70. The maximum atomic E-state index is 10.8. The summed E-state index contributed by atoms with van der Waals surface area (Å²) in [5.74, 6) is -0.393. The third-order valence-corrected chi connectivity index (χ3v) is 5.43. The molecule has 2 fully saturated rings. The van der Waals surface area contributed by atoms with Crippen LogP contribution in [0.2, 0.25) is 0 Å². The van der Waals surface area contributed by atoms with E-state index in [1.807, 2.05) is 0 Å². The zero-order valence-corrected chi connectivity index (χ0v) is 14.7. The largest absolute Gasteiger partial charge is 0.491 e. The van der Waals surface area contributed by atoms with Gasteiger partial charge in [-0.1, -0.05) is 0 Å². The molecule has 0 saturated carbocycles. The van der Waals surface area contributed by atoms with Gasteiger partial charge in [-0.2, -0.15) is 0 Å². The van der Waals surface area contributed by atoms with Gasteiger partial charge in [0.1, 0.15) is 18.5 Å². The Morgan fingerprint density at radius 3 is 2.68 bits per heavy atom. The Balaban J connectivity index is 1.47. The average molecular weight is 349 g/mol. The van der Waals surface area contributed by atoms with E-state index in [1.165, 1.54) is 18.6 Å². The van der Waals surface area contributed by atoms with Gasteiger partial charge in [-0.25, -0.2) is 4.79 Å². The van der Waals surface area contributed by atoms with Gasteiger partial charge >= 0.3 is 5.97 Å². The highest BCUT2D eigenvalue weighted by molar-refractivity contribution is 5.87. The van der Waals surface area contributed by atoms with Crippen LogP contribution in [0.1, 0.15) is 36.5 Å². The second kappa shape index (κ2) is 7.72. The van der Waals surface area contributed by atoms with Gasteiger partial charge in [0.15, 0.2) is 0 Å². The second-order valence-corrected chi connectivity index (χ2v) is 7.39. The number of ether oxygens (including phenoxy) is 2. The standard InChI is InChI=1S/C19H27NO5/c1-14-10-19(6-8-24-9-7-19)13-20(14)11-16(21)12-25-17-4-2-15(3-5-17)18(22)23/h2-5,14,16,21H,6-13H2,1H3,(H,22,23). The van der Waals surface area contributed by atoms with Crippen molar-refractivity contribution in [2.75, 3.05) is 32.9 Å². The minimum absolute atomic E-state index is 0.200. The predicted molar refractivity (Wildman–Crippen MR) is 93.0 cm³/mol. The third kappa shape index (κ3) is 4.51. The smallest absolute Gasteiger partial charge is 0.335 e. The number of likely N-dealkylation sites (tertiary alicyclic amines) is 1. The van der Waals surface area contributed by atoms with Crippen LogP contribution in [0.4, 0.5) is 0 Å². The van der Waals surface area contributed by atoms with E-state index >= 15 is 0 Å². The van der Waals surface area contributed by atoms with E-state index in [2.05, 4.69) is 11.8 Å². The fraction of sp³-hybridized carbons (Fsp3) is 0.632. The molecule has 0 aliphatic carbocycles. The van der Waals surface area contributed by atoms with Gasteiger partial charge in [0.25, 0.3) is 0 Å². The summed E-state index contributed by atoms with van der Waals surface area (Å²) in [7, 11) is 0. The zero-order chi connectivity index (χ0) is 17.9. The fourth-order valence-corrected chi connectivity index (χ4v) is 4.03. The number of aliphatic hydroxyl groups is 1. The van der Waals surface area contributed by atoms with E-state index < -0.39 is 12.1 Å². The van der Waals surface area contributed by atoms with Crippen LogP contribution in [0.5, 0.6) is 5.75 Å². The lowest BCUT2D eigenvalue weighted by Gasteiger charge is -2.33. The Morgan fingerprint density at radius 2 is 2.04 bits per heavy atom. The van der Waals surface area contributed by atoms with Crippen molar-refractivity contribution in [3.8, 4) is 5.75 Å². The maximum absolute atomic E-state index is 10.8. The highest BCUT2D eigenvalue weighted by Crippen LogP contribution is 2.42. The van der Waals surface area contributed by atoms with Gasteiger partial charge in [-0.15, -0.1) is 0 Å². The first kappa shape index (κ1) is 18.2. The average Bonchev–Trinajstić information content (AvgIpc) is 2.88. The molecule has 6 nitrogen and oxygen atoms in total. The zero-order valence-electron chi connectivity index (χ0n) is 14.7. The van der Waals surface area contributed by atoms with Crippen LogP contribution in [0.3, 0.4) is 0 Å². The minimum atomic E-state index is -0.961. The van der Waals surface area contributed by atoms with Crippen LogP contribution in [0, 0.1) is 5.41 Å². The van der Waals surface area contributed by atoms with Crippen LogP contribution in [-0.4, -0.2) is 66.1 Å². The fourth-order valence-electron chi connectivity index (χ4n) is 4.03. The molecule has 0 aromatic heterocycles. The molecular formula is C19H27NO5. The third-order valence-electron chi connectivity index (χ3n) is 5.43. The molecule has 3 rings (SSSR count). The van der Waals surface area contributed by atoms with Gasteiger partial charge in [0.2, 0.25) is 0 Å². The summed E-state index contributed by atoms with van der Waals surface area (Å²) in [5, 5.41) is 19.2. The molecule has 6 heteroatoms. The van der Waals surface area contributed by atoms with Gasteiger partial charge < -0.3 is 19.7 Å². The molecule has 2 unspecified atom stereocenters. The highest BCUT2D eigenvalue weighted by atomic mass is 16.5. The van der Waals surface area contributed by atoms with Crippen LogP contribution in [0.25, 0.3) is 0 Å². The molecule has 2 N–H and O–H groups in total. The van der Waals surface area contributed by atoms with Crippen LogP contribution in [0.15, 0.2) is 24.3 Å². The highest BCUT2D eigenvalue weighted by Gasteiger charge is 2.43. The van der Waals surface area contributed by atoms with Gasteiger partial charge in [0.05, 0.1) is 5.56 Å². The molecule has 2 aliphatic rings. The number of carboxylic acids is 1. The van der Waals surface area contributed by atoms with Crippen molar-refractivity contribution < 1.29 is 24.5 Å². The molecule has 1 aromatic rings. The summed E-state index contributed by atoms with van der Waals surface area (Å²) >= 11 is 0. The number of carbonyl (C=O) groups is 1. The number of aromatic carboxylic acids is 1. The Hall–Kier alpha value is -1.63. The number of nitrogens with zero attached hydrogens (tertiary/aromatic N) is 1. The quantitative estimate of drug-likeness (QED) is 0.818. The number of rotatable bonds is 6. The SMILES string of the molecule is CC1CC2(CCOCC2)CN1CC(O)COc1ccc(C(=O)O)cc1. The number of aliphatic hydroxyl groups excluding tert-OH is 1. The van der Waals surface area contributed by atoms with Crippen LogP contribution < -0.4 is 4.74 Å². The predicted octanol–water partition coefficient (Wildman–Crippen LogP) is 2.02. The van der Waals surface area contributed by atoms with Crippen molar-refractivity contribution in [3.05, 3.63) is 29.8 Å². The molecule has 2 heterocycles. The van der Waals surface area contributed by atoms with Gasteiger partial charge in [0, 0.05) is 32.3 Å². The monoisotopic (exact) mass is 349 g/mol. The summed E-state index contributed by atoms with van der Waals surface area (Å²) in [4.78, 5) is 13.2. The molecule has 0 bridgehead atoms. The normalized spacial score (nSPS) is 24.3. The maximum Gasteiger partial charge on any atom is 0.335 e. The number of benzene rings is 1. The molecule has 138 valence electrons. The van der Waals surface area contributed by atoms with E-state index in [0.29, 0.717) is 23.8 Å². The summed E-state index contributed by atoms with van der Waals surface area (Å²) in [5.41, 5.74) is 0.575. The summed E-state index contributed by atoms with van der Waals surface area (Å²) in [6.45, 7) is 5.73. The molecule has 0 amide bonds. The minimum Gasteiger partial charge on any atom is -0.491 e. The Labute approximate surface area is 148 Å². The molecule has 1 spiro atoms. The molecule has 0 radical (unpaired) electrons. The van der Waals surface area contributed by atoms with Crippen LogP contribution in [-0.2, 0) is 4.74 Å². The summed E-state index contributed by atoms with van der Waals surface area (Å²) in [6.07, 6.45) is 2.81. The van der Waals surface area contributed by atoms with Crippen molar-refractivity contribution in [2.45, 2.75) is 38.3 Å². The van der Waals surface area contributed by atoms with Gasteiger partial charge in [-0.3, -0.25) is 4.90 Å². The molecule has 2 aliphatic heterocycles. The lowest BCUT2D eigenvalue weighted by Crippen LogP contribution is -2.39. The van der Waals surface area contributed by atoms with Crippen molar-refractivity contribution >= 4 is 5.97 Å². The van der Waals surface area contributed by atoms with Crippen LogP contribution >= 0.6 is 0 Å². The van der Waals surface area contributed by atoms with Gasteiger partial charge in [-0.05, 0) is 55.9 Å². The first-order chi connectivity index (χ1) is 12.0. The molecule has 2 saturated heterocycles. The van der Waals surface area contributed by atoms with Crippen molar-refractivity contribution in [2.24, 2.45) is 5.41 Å². The Morgan fingerprint density at radius 1 is 1.36 bits per heavy atom. The van der Waals surface area contributed by atoms with Crippen molar-refractivity contribution in [1.82, 2.24) is 4.90 Å². The van der Waals surface area contributed by atoms with E-state index in [1.54, 1.807) is 12.1 Å². The Kier molecular flexibility index (Phi) is 5.61. The molecule has 2 atom stereocenters. The second-order valence-electron chi connectivity index (χ2n) is 7.39. The summed E-state index contributed by atoms with van der Waals surface area (Å²) < 4.78 is 11.1. The number of hydrogen-bond donors (Lipinski definition) is 2. The van der Waals surface area contributed by atoms with Crippen molar-refractivity contribution in [3.63, 3.8) is 0 Å². The Bertz CT molecular complexity index is 582. The van der Waals surface area contributed by atoms with E-state index in [4.69, 9.17) is 14.6 Å². The first-order valence-corrected chi connectivity index (χ1v) is 8.93. The molecule has 25 heavy (non-hydrogen) atoms. The van der Waals surface area contributed by atoms with E-state index in [-0.39, 0.29) is 12.2 Å². The lowest BCUT2D eigenvalue weighted by atomic mass is 9.78. The molecular weight excluding hydrogens is 322 g/mol. The van der Waals surface area contributed by atoms with E-state index in [9.17, 15) is 9.90 Å². The number of β-amino-alcohol motifs (C(OH)–C–C–N with tert-alkyl or cyclic N) is 1.